The number of furan rings is 1. The molecule has 156 valence electrons. The number of ether oxygens (including phenoxy) is 2. The number of carbonyl (C=O) groups is 1. The van der Waals surface area contributed by atoms with Gasteiger partial charge in [-0.25, -0.2) is 9.82 Å². The molecule has 1 aromatic heterocycles. The summed E-state index contributed by atoms with van der Waals surface area (Å²) >= 11 is 0. The second-order valence-corrected chi connectivity index (χ2v) is 6.68. The number of para-hydroxylation sites is 1. The minimum absolute atomic E-state index is 0.178. The second-order valence-electron chi connectivity index (χ2n) is 6.68. The number of nitrogens with zero attached hydrogens (tertiary/aromatic N) is 1. The van der Waals surface area contributed by atoms with E-state index in [1.165, 1.54) is 25.5 Å². The number of nitrogens with one attached hydrogen (secondary N) is 1. The number of hydrogen-bond acceptors (Lipinski definition) is 5. The summed E-state index contributed by atoms with van der Waals surface area (Å²) in [7, 11) is 1.52. The molecule has 4 rings (SSSR count). The van der Waals surface area contributed by atoms with Crippen LogP contribution in [-0.2, 0) is 6.61 Å². The maximum absolute atomic E-state index is 13.3. The Kier molecular flexibility index (Phi) is 5.93. The van der Waals surface area contributed by atoms with Crippen molar-refractivity contribution < 1.29 is 23.1 Å². The van der Waals surface area contributed by atoms with Crippen LogP contribution in [0.15, 0.2) is 82.3 Å². The van der Waals surface area contributed by atoms with Crippen molar-refractivity contribution in [1.82, 2.24) is 5.43 Å². The maximum atomic E-state index is 13.3. The number of hydrazone groups is 1. The van der Waals surface area contributed by atoms with E-state index in [9.17, 15) is 9.18 Å². The number of benzene rings is 3. The fourth-order valence-corrected chi connectivity index (χ4v) is 2.99. The molecule has 0 saturated heterocycles. The summed E-state index contributed by atoms with van der Waals surface area (Å²) in [6.45, 7) is 0.203. The van der Waals surface area contributed by atoms with Gasteiger partial charge in [0.1, 0.15) is 18.0 Å². The number of amides is 1. The van der Waals surface area contributed by atoms with E-state index in [4.69, 9.17) is 13.9 Å². The molecule has 0 aliphatic rings. The Balaban J connectivity index is 1.39. The number of hydrogen-bond donors (Lipinski definition) is 1. The van der Waals surface area contributed by atoms with E-state index in [0.29, 0.717) is 28.2 Å². The molecule has 0 radical (unpaired) electrons. The topological polar surface area (TPSA) is 73.1 Å². The first-order valence-electron chi connectivity index (χ1n) is 9.49. The highest BCUT2D eigenvalue weighted by Gasteiger charge is 2.11. The normalized spacial score (nSPS) is 11.0. The Labute approximate surface area is 177 Å². The summed E-state index contributed by atoms with van der Waals surface area (Å²) in [4.78, 5) is 12.2. The second kappa shape index (κ2) is 9.13. The molecule has 0 spiro atoms. The van der Waals surface area contributed by atoms with Gasteiger partial charge >= 0.3 is 5.91 Å². The van der Waals surface area contributed by atoms with Gasteiger partial charge in [0.05, 0.1) is 13.3 Å². The molecule has 0 saturated carbocycles. The Hall–Kier alpha value is -4.13. The highest BCUT2D eigenvalue weighted by molar-refractivity contribution is 5.96. The van der Waals surface area contributed by atoms with Crippen molar-refractivity contribution in [3.05, 3.63) is 95.5 Å². The lowest BCUT2D eigenvalue weighted by molar-refractivity contribution is 0.0929. The van der Waals surface area contributed by atoms with Gasteiger partial charge < -0.3 is 13.9 Å². The van der Waals surface area contributed by atoms with Crippen LogP contribution in [0.25, 0.3) is 11.0 Å². The van der Waals surface area contributed by atoms with E-state index < -0.39 is 5.91 Å². The number of carbonyl (C=O) groups excluding carboxylic acids is 1. The van der Waals surface area contributed by atoms with E-state index in [1.807, 2.05) is 18.2 Å². The molecule has 6 nitrogen and oxygen atoms in total. The lowest BCUT2D eigenvalue weighted by atomic mass is 10.2. The van der Waals surface area contributed by atoms with Crippen molar-refractivity contribution in [2.75, 3.05) is 7.11 Å². The van der Waals surface area contributed by atoms with E-state index in [1.54, 1.807) is 42.5 Å². The fraction of sp³-hybridized carbons (Fsp3) is 0.0833. The maximum Gasteiger partial charge on any atom is 0.307 e. The van der Waals surface area contributed by atoms with Crippen LogP contribution in [0.4, 0.5) is 4.39 Å². The Bertz CT molecular complexity index is 1220. The van der Waals surface area contributed by atoms with Gasteiger partial charge in [-0.1, -0.05) is 30.3 Å². The van der Waals surface area contributed by atoms with Crippen LogP contribution in [-0.4, -0.2) is 19.2 Å². The summed E-state index contributed by atoms with van der Waals surface area (Å²) in [5, 5.41) is 4.82. The molecule has 0 unspecified atom stereocenters. The molecule has 31 heavy (non-hydrogen) atoms. The zero-order valence-electron chi connectivity index (χ0n) is 16.7. The Morgan fingerprint density at radius 1 is 1.06 bits per heavy atom. The Morgan fingerprint density at radius 2 is 1.94 bits per heavy atom. The summed E-state index contributed by atoms with van der Waals surface area (Å²) in [5.74, 6) is 0.412. The zero-order valence-corrected chi connectivity index (χ0v) is 16.7. The van der Waals surface area contributed by atoms with E-state index >= 15 is 0 Å². The number of halogens is 1. The molecule has 0 bridgehead atoms. The first-order valence-corrected chi connectivity index (χ1v) is 9.49. The monoisotopic (exact) mass is 418 g/mol. The average molecular weight is 418 g/mol. The molecule has 0 aliphatic heterocycles. The highest BCUT2D eigenvalue weighted by atomic mass is 19.1. The van der Waals surface area contributed by atoms with Crippen molar-refractivity contribution in [3.8, 4) is 11.5 Å². The summed E-state index contributed by atoms with van der Waals surface area (Å²) < 4.78 is 29.9. The van der Waals surface area contributed by atoms with E-state index in [2.05, 4.69) is 10.5 Å². The molecule has 0 fully saturated rings. The number of fused-ring (bicyclic) bond motifs is 1. The number of methoxy groups -OCH3 is 1. The largest absolute Gasteiger partial charge is 0.493 e. The van der Waals surface area contributed by atoms with Crippen LogP contribution in [0.3, 0.4) is 0 Å². The first-order chi connectivity index (χ1) is 15.1. The molecule has 1 N–H and O–H groups in total. The average Bonchev–Trinajstić information content (AvgIpc) is 3.22. The third-order valence-electron chi connectivity index (χ3n) is 4.50. The molecule has 0 atom stereocenters. The van der Waals surface area contributed by atoms with Crippen LogP contribution < -0.4 is 14.9 Å². The van der Waals surface area contributed by atoms with Crippen molar-refractivity contribution in [2.45, 2.75) is 6.61 Å². The number of rotatable bonds is 7. The van der Waals surface area contributed by atoms with Gasteiger partial charge in [0.15, 0.2) is 17.3 Å². The van der Waals surface area contributed by atoms with Crippen molar-refractivity contribution in [1.29, 1.82) is 0 Å². The molecular formula is C24H19FN2O4. The minimum atomic E-state index is -0.450. The van der Waals surface area contributed by atoms with E-state index in [-0.39, 0.29) is 18.2 Å². The van der Waals surface area contributed by atoms with Gasteiger partial charge in [0, 0.05) is 5.39 Å². The third-order valence-corrected chi connectivity index (χ3v) is 4.50. The fourth-order valence-electron chi connectivity index (χ4n) is 2.99. The van der Waals surface area contributed by atoms with Gasteiger partial charge in [-0.3, -0.25) is 4.79 Å². The van der Waals surface area contributed by atoms with Crippen molar-refractivity contribution in [2.24, 2.45) is 5.10 Å². The molecule has 7 heteroatoms. The lowest BCUT2D eigenvalue weighted by Gasteiger charge is -2.11. The molecule has 4 aromatic rings. The summed E-state index contributed by atoms with van der Waals surface area (Å²) in [6, 6.07) is 20.4. The van der Waals surface area contributed by atoms with Crippen molar-refractivity contribution in [3.63, 3.8) is 0 Å². The summed E-state index contributed by atoms with van der Waals surface area (Å²) in [6.07, 6.45) is 1.49. The Morgan fingerprint density at radius 3 is 2.74 bits per heavy atom. The van der Waals surface area contributed by atoms with E-state index in [0.717, 1.165) is 5.39 Å². The van der Waals surface area contributed by atoms with Crippen LogP contribution in [0.2, 0.25) is 0 Å². The van der Waals surface area contributed by atoms with Crippen LogP contribution >= 0.6 is 0 Å². The zero-order chi connectivity index (χ0) is 21.6. The molecular weight excluding hydrogens is 399 g/mol. The molecule has 3 aromatic carbocycles. The predicted octanol–water partition coefficient (Wildman–Crippen LogP) is 4.92. The lowest BCUT2D eigenvalue weighted by Crippen LogP contribution is -2.16. The smallest absolute Gasteiger partial charge is 0.307 e. The van der Waals surface area contributed by atoms with Gasteiger partial charge in [0.25, 0.3) is 0 Å². The van der Waals surface area contributed by atoms with Crippen LogP contribution in [0, 0.1) is 5.82 Å². The van der Waals surface area contributed by atoms with Gasteiger partial charge in [-0.2, -0.15) is 5.10 Å². The van der Waals surface area contributed by atoms with Gasteiger partial charge in [0.2, 0.25) is 0 Å². The molecule has 1 heterocycles. The van der Waals surface area contributed by atoms with Crippen LogP contribution in [0.5, 0.6) is 11.5 Å². The molecule has 0 aliphatic carbocycles. The standard InChI is InChI=1S/C24H19FN2O4/c1-29-22-12-16(9-10-21(22)30-15-17-5-4-7-19(25)11-17)14-26-27-24(28)23-13-18-6-2-3-8-20(18)31-23/h2-14H,15H2,1H3,(H,27,28)/b26-14-. The highest BCUT2D eigenvalue weighted by Crippen LogP contribution is 2.28. The van der Waals surface area contributed by atoms with Crippen molar-refractivity contribution >= 4 is 23.1 Å². The quantitative estimate of drug-likeness (QED) is 0.341. The predicted molar refractivity (Wildman–Crippen MR) is 115 cm³/mol. The minimum Gasteiger partial charge on any atom is -0.493 e. The SMILES string of the molecule is COc1cc(/C=N\NC(=O)c2cc3ccccc3o2)ccc1OCc1cccc(F)c1. The first kappa shape index (κ1) is 20.2. The molecule has 1 amide bonds. The summed E-state index contributed by atoms with van der Waals surface area (Å²) in [5.41, 5.74) is 4.48. The van der Waals surface area contributed by atoms with Gasteiger partial charge in [-0.15, -0.1) is 0 Å². The van der Waals surface area contributed by atoms with Gasteiger partial charge in [-0.05, 0) is 53.6 Å². The van der Waals surface area contributed by atoms with Crippen LogP contribution in [0.1, 0.15) is 21.7 Å². The third kappa shape index (κ3) is 4.90.